The molecule has 2 amide bonds. The molecular formula is C23H34N2O4. The molecule has 0 N–H and O–H groups in total. The molecule has 29 heavy (non-hydrogen) atoms. The lowest BCUT2D eigenvalue weighted by Crippen LogP contribution is -2.50. The van der Waals surface area contributed by atoms with Crippen molar-refractivity contribution in [3.8, 4) is 0 Å². The second kappa shape index (κ2) is 8.64. The van der Waals surface area contributed by atoms with Gasteiger partial charge in [-0.3, -0.25) is 0 Å². The zero-order chi connectivity index (χ0) is 21.1. The molecule has 2 fully saturated rings. The molecule has 3 rings (SSSR count). The van der Waals surface area contributed by atoms with Gasteiger partial charge in [0.2, 0.25) is 0 Å². The molecular weight excluding hydrogens is 368 g/mol. The van der Waals surface area contributed by atoms with Crippen molar-refractivity contribution < 1.29 is 19.1 Å². The Morgan fingerprint density at radius 3 is 2.24 bits per heavy atom. The van der Waals surface area contributed by atoms with Crippen LogP contribution in [0, 0.1) is 5.41 Å². The number of piperidine rings is 1. The van der Waals surface area contributed by atoms with Gasteiger partial charge < -0.3 is 19.3 Å². The molecule has 0 saturated carbocycles. The van der Waals surface area contributed by atoms with Crippen LogP contribution in [0.4, 0.5) is 9.59 Å². The van der Waals surface area contributed by atoms with E-state index in [0.717, 1.165) is 37.8 Å². The van der Waals surface area contributed by atoms with E-state index in [1.54, 1.807) is 4.90 Å². The van der Waals surface area contributed by atoms with Gasteiger partial charge in [-0.2, -0.15) is 0 Å². The Bertz CT molecular complexity index is 705. The third-order valence-electron chi connectivity index (χ3n) is 6.17. The van der Waals surface area contributed by atoms with Gasteiger partial charge in [0.15, 0.2) is 0 Å². The standard InChI is InChI=1S/C23H34N2O4/c1-5-19-23(11-14-24(15-12-23)20(26)29-22(2,3)4)13-16-25(19)21(27)28-17-18-9-7-6-8-10-18/h6-10,19H,5,11-17H2,1-4H3. The Morgan fingerprint density at radius 2 is 1.66 bits per heavy atom. The van der Waals surface area contributed by atoms with E-state index in [-0.39, 0.29) is 23.6 Å². The van der Waals surface area contributed by atoms with Gasteiger partial charge in [-0.1, -0.05) is 37.3 Å². The maximum Gasteiger partial charge on any atom is 0.410 e. The maximum atomic E-state index is 12.8. The summed E-state index contributed by atoms with van der Waals surface area (Å²) in [6, 6.07) is 9.92. The van der Waals surface area contributed by atoms with Crippen molar-refractivity contribution in [2.75, 3.05) is 19.6 Å². The molecule has 0 aromatic heterocycles. The molecule has 1 unspecified atom stereocenters. The van der Waals surface area contributed by atoms with Crippen molar-refractivity contribution in [1.82, 2.24) is 9.80 Å². The minimum atomic E-state index is -0.481. The summed E-state index contributed by atoms with van der Waals surface area (Å²) in [6.45, 7) is 10.2. The number of benzene rings is 1. The number of nitrogens with zero attached hydrogens (tertiary/aromatic N) is 2. The quantitative estimate of drug-likeness (QED) is 0.727. The smallest absolute Gasteiger partial charge is 0.410 e. The second-order valence-corrected chi connectivity index (χ2v) is 9.24. The van der Waals surface area contributed by atoms with E-state index in [1.807, 2.05) is 56.0 Å². The number of amides is 2. The summed E-state index contributed by atoms with van der Waals surface area (Å²) >= 11 is 0. The highest BCUT2D eigenvalue weighted by Gasteiger charge is 2.50. The lowest BCUT2D eigenvalue weighted by molar-refractivity contribution is 0.00305. The van der Waals surface area contributed by atoms with Gasteiger partial charge in [0.05, 0.1) is 0 Å². The zero-order valence-electron chi connectivity index (χ0n) is 18.1. The summed E-state index contributed by atoms with van der Waals surface area (Å²) < 4.78 is 11.1. The minimum absolute atomic E-state index is 0.0685. The first-order valence-electron chi connectivity index (χ1n) is 10.7. The summed E-state index contributed by atoms with van der Waals surface area (Å²) in [5, 5.41) is 0. The van der Waals surface area contributed by atoms with Crippen molar-refractivity contribution in [3.63, 3.8) is 0 Å². The van der Waals surface area contributed by atoms with Gasteiger partial charge in [-0.05, 0) is 57.4 Å². The number of carbonyl (C=O) groups is 2. The largest absolute Gasteiger partial charge is 0.445 e. The average Bonchev–Trinajstić information content (AvgIpc) is 3.04. The highest BCUT2D eigenvalue weighted by molar-refractivity contribution is 5.69. The van der Waals surface area contributed by atoms with Crippen LogP contribution in [0.3, 0.4) is 0 Å². The zero-order valence-corrected chi connectivity index (χ0v) is 18.1. The molecule has 1 aromatic carbocycles. The first kappa shape index (κ1) is 21.5. The fraction of sp³-hybridized carbons (Fsp3) is 0.652. The van der Waals surface area contributed by atoms with Crippen LogP contribution in [0.15, 0.2) is 30.3 Å². The molecule has 0 radical (unpaired) electrons. The van der Waals surface area contributed by atoms with E-state index < -0.39 is 5.60 Å². The van der Waals surface area contributed by atoms with E-state index in [9.17, 15) is 9.59 Å². The molecule has 0 aliphatic carbocycles. The Balaban J connectivity index is 1.58. The number of carbonyl (C=O) groups excluding carboxylic acids is 2. The predicted molar refractivity (Wildman–Crippen MR) is 112 cm³/mol. The molecule has 2 heterocycles. The Labute approximate surface area is 174 Å². The molecule has 0 bridgehead atoms. The normalized spacial score (nSPS) is 21.3. The fourth-order valence-corrected chi connectivity index (χ4v) is 4.71. The third kappa shape index (κ3) is 5.03. The average molecular weight is 403 g/mol. The van der Waals surface area contributed by atoms with Crippen molar-refractivity contribution >= 4 is 12.2 Å². The molecule has 6 heteroatoms. The van der Waals surface area contributed by atoms with E-state index >= 15 is 0 Å². The van der Waals surface area contributed by atoms with Crippen LogP contribution in [0.25, 0.3) is 0 Å². The van der Waals surface area contributed by atoms with E-state index in [2.05, 4.69) is 6.92 Å². The predicted octanol–water partition coefficient (Wildman–Crippen LogP) is 4.82. The lowest BCUT2D eigenvalue weighted by atomic mass is 9.71. The molecule has 2 aliphatic rings. The van der Waals surface area contributed by atoms with Crippen LogP contribution in [-0.2, 0) is 16.1 Å². The maximum absolute atomic E-state index is 12.8. The van der Waals surface area contributed by atoms with Gasteiger partial charge >= 0.3 is 12.2 Å². The van der Waals surface area contributed by atoms with E-state index in [0.29, 0.717) is 19.7 Å². The summed E-state index contributed by atoms with van der Waals surface area (Å²) in [5.41, 5.74) is 0.581. The summed E-state index contributed by atoms with van der Waals surface area (Å²) in [6.07, 6.45) is 3.19. The van der Waals surface area contributed by atoms with Crippen molar-refractivity contribution in [3.05, 3.63) is 35.9 Å². The summed E-state index contributed by atoms with van der Waals surface area (Å²) in [4.78, 5) is 28.9. The first-order chi connectivity index (χ1) is 13.7. The topological polar surface area (TPSA) is 59.1 Å². The first-order valence-corrected chi connectivity index (χ1v) is 10.7. The Hall–Kier alpha value is -2.24. The number of hydrogen-bond donors (Lipinski definition) is 0. The molecule has 1 spiro atoms. The minimum Gasteiger partial charge on any atom is -0.445 e. The fourth-order valence-electron chi connectivity index (χ4n) is 4.71. The van der Waals surface area contributed by atoms with E-state index in [1.165, 1.54) is 0 Å². The van der Waals surface area contributed by atoms with Crippen LogP contribution in [0.5, 0.6) is 0 Å². The van der Waals surface area contributed by atoms with Crippen LogP contribution in [0.2, 0.25) is 0 Å². The van der Waals surface area contributed by atoms with Gasteiger partial charge in [-0.25, -0.2) is 9.59 Å². The Morgan fingerprint density at radius 1 is 1.03 bits per heavy atom. The van der Waals surface area contributed by atoms with E-state index in [4.69, 9.17) is 9.47 Å². The van der Waals surface area contributed by atoms with Crippen LogP contribution in [-0.4, -0.2) is 53.3 Å². The summed E-state index contributed by atoms with van der Waals surface area (Å²) in [5.74, 6) is 0. The highest BCUT2D eigenvalue weighted by atomic mass is 16.6. The third-order valence-corrected chi connectivity index (χ3v) is 6.17. The second-order valence-electron chi connectivity index (χ2n) is 9.24. The van der Waals surface area contributed by atoms with Crippen LogP contribution < -0.4 is 0 Å². The number of ether oxygens (including phenoxy) is 2. The SMILES string of the molecule is CCC1N(C(=O)OCc2ccccc2)CCC12CCN(C(=O)OC(C)(C)C)CC2. The monoisotopic (exact) mass is 402 g/mol. The van der Waals surface area contributed by atoms with Crippen LogP contribution in [0.1, 0.15) is 58.9 Å². The molecule has 2 aliphatic heterocycles. The Kier molecular flexibility index (Phi) is 6.39. The van der Waals surface area contributed by atoms with Gasteiger partial charge in [0.25, 0.3) is 0 Å². The molecule has 6 nitrogen and oxygen atoms in total. The number of hydrogen-bond acceptors (Lipinski definition) is 4. The van der Waals surface area contributed by atoms with Crippen molar-refractivity contribution in [2.24, 2.45) is 5.41 Å². The molecule has 2 saturated heterocycles. The van der Waals surface area contributed by atoms with Crippen molar-refractivity contribution in [1.29, 1.82) is 0 Å². The van der Waals surface area contributed by atoms with Gasteiger partial charge in [0, 0.05) is 25.7 Å². The molecule has 160 valence electrons. The van der Waals surface area contributed by atoms with Gasteiger partial charge in [-0.15, -0.1) is 0 Å². The lowest BCUT2D eigenvalue weighted by Gasteiger charge is -2.43. The van der Waals surface area contributed by atoms with Crippen molar-refractivity contribution in [2.45, 2.75) is 71.6 Å². The number of likely N-dealkylation sites (tertiary alicyclic amines) is 2. The molecule has 1 atom stereocenters. The molecule has 1 aromatic rings. The van der Waals surface area contributed by atoms with Gasteiger partial charge in [0.1, 0.15) is 12.2 Å². The number of rotatable bonds is 3. The summed E-state index contributed by atoms with van der Waals surface area (Å²) in [7, 11) is 0. The highest BCUT2D eigenvalue weighted by Crippen LogP contribution is 2.47. The van der Waals surface area contributed by atoms with Crippen LogP contribution >= 0.6 is 0 Å².